The molecule has 70 valence electrons. The normalized spacial score (nSPS) is 17.4. The third-order valence-electron chi connectivity index (χ3n) is 1.71. The van der Waals surface area contributed by atoms with Crippen molar-refractivity contribution in [3.63, 3.8) is 0 Å². The molecule has 0 unspecified atom stereocenters. The first kappa shape index (κ1) is 8.83. The fraction of sp³-hybridized carbons (Fsp3) is 0. The Morgan fingerprint density at radius 2 is 2.07 bits per heavy atom. The van der Waals surface area contributed by atoms with Crippen molar-refractivity contribution in [3.8, 4) is 5.75 Å². The minimum atomic E-state index is 0.204. The van der Waals surface area contributed by atoms with Crippen LogP contribution in [0.3, 0.4) is 0 Å². The van der Waals surface area contributed by atoms with E-state index in [4.69, 9.17) is 12.2 Å². The second kappa shape index (κ2) is 3.55. The summed E-state index contributed by atoms with van der Waals surface area (Å²) < 4.78 is 0. The summed E-state index contributed by atoms with van der Waals surface area (Å²) in [4.78, 5) is 0. The van der Waals surface area contributed by atoms with E-state index >= 15 is 0 Å². The molecule has 0 aliphatic carbocycles. The van der Waals surface area contributed by atoms with Gasteiger partial charge in [-0.15, -0.1) is 10.2 Å². The van der Waals surface area contributed by atoms with Crippen molar-refractivity contribution in [2.75, 3.05) is 0 Å². The number of nitrogens with one attached hydrogen (secondary N) is 1. The van der Waals surface area contributed by atoms with Crippen molar-refractivity contribution >= 4 is 23.4 Å². The highest BCUT2D eigenvalue weighted by Crippen LogP contribution is 2.19. The molecule has 1 heterocycles. The topological polar surface area (TPSA) is 57.0 Å². The second-order valence-electron chi connectivity index (χ2n) is 2.72. The van der Waals surface area contributed by atoms with E-state index in [-0.39, 0.29) is 5.75 Å². The Hall–Kier alpha value is -1.75. The number of phenols is 1. The van der Waals surface area contributed by atoms with Crippen LogP contribution in [0.25, 0.3) is 6.08 Å². The number of phenolic OH excluding ortho intramolecular Hbond substituents is 1. The van der Waals surface area contributed by atoms with Crippen LogP contribution in [0.1, 0.15) is 5.56 Å². The Kier molecular flexibility index (Phi) is 2.24. The molecule has 4 nitrogen and oxygen atoms in total. The summed E-state index contributed by atoms with van der Waals surface area (Å²) in [6.45, 7) is 0. The molecule has 0 bridgehead atoms. The van der Waals surface area contributed by atoms with Crippen molar-refractivity contribution in [2.24, 2.45) is 10.2 Å². The fourth-order valence-electron chi connectivity index (χ4n) is 1.08. The Morgan fingerprint density at radius 3 is 2.71 bits per heavy atom. The minimum absolute atomic E-state index is 0.204. The highest BCUT2D eigenvalue weighted by atomic mass is 32.1. The first-order valence-electron chi connectivity index (χ1n) is 3.98. The SMILES string of the molecule is Oc1ccccc1C=C1N=NC(=S)N1. The molecule has 1 aliphatic rings. The van der Waals surface area contributed by atoms with Crippen LogP contribution in [-0.2, 0) is 0 Å². The standard InChI is InChI=1S/C9H7N3OS/c13-7-4-2-1-3-6(7)5-8-10-9(14)12-11-8/h1-5,13H,(H,10,14). The lowest BCUT2D eigenvalue weighted by Gasteiger charge is -1.98. The zero-order valence-electron chi connectivity index (χ0n) is 7.14. The van der Waals surface area contributed by atoms with Gasteiger partial charge in [0, 0.05) is 5.56 Å². The molecule has 1 aromatic carbocycles. The lowest BCUT2D eigenvalue weighted by molar-refractivity contribution is 0.474. The van der Waals surface area contributed by atoms with Crippen molar-refractivity contribution in [1.82, 2.24) is 5.32 Å². The van der Waals surface area contributed by atoms with E-state index in [1.807, 2.05) is 6.07 Å². The Bertz CT molecular complexity index is 439. The number of para-hydroxylation sites is 1. The number of nitrogens with zero attached hydrogens (tertiary/aromatic N) is 2. The van der Waals surface area contributed by atoms with Crippen LogP contribution in [0, 0.1) is 0 Å². The molecule has 0 radical (unpaired) electrons. The molecule has 1 aliphatic heterocycles. The van der Waals surface area contributed by atoms with E-state index in [0.29, 0.717) is 16.5 Å². The molecule has 0 aromatic heterocycles. The van der Waals surface area contributed by atoms with Gasteiger partial charge in [0.25, 0.3) is 0 Å². The van der Waals surface area contributed by atoms with Crippen LogP contribution in [0.2, 0.25) is 0 Å². The molecule has 0 saturated heterocycles. The van der Waals surface area contributed by atoms with Gasteiger partial charge in [-0.2, -0.15) is 0 Å². The van der Waals surface area contributed by atoms with Gasteiger partial charge in [-0.05, 0) is 24.4 Å². The van der Waals surface area contributed by atoms with E-state index in [9.17, 15) is 5.11 Å². The van der Waals surface area contributed by atoms with Gasteiger partial charge >= 0.3 is 0 Å². The Morgan fingerprint density at radius 1 is 1.29 bits per heavy atom. The largest absolute Gasteiger partial charge is 0.507 e. The van der Waals surface area contributed by atoms with E-state index < -0.39 is 0 Å². The number of hydrogen-bond acceptors (Lipinski definition) is 3. The number of aromatic hydroxyl groups is 1. The summed E-state index contributed by atoms with van der Waals surface area (Å²) in [6.07, 6.45) is 1.68. The summed E-state index contributed by atoms with van der Waals surface area (Å²) in [5, 5.41) is 20.0. The molecule has 1 aromatic rings. The van der Waals surface area contributed by atoms with Gasteiger partial charge in [-0.25, -0.2) is 0 Å². The van der Waals surface area contributed by atoms with Gasteiger partial charge < -0.3 is 10.4 Å². The first-order valence-corrected chi connectivity index (χ1v) is 4.39. The molecule has 2 N–H and O–H groups in total. The van der Waals surface area contributed by atoms with E-state index in [2.05, 4.69) is 15.5 Å². The van der Waals surface area contributed by atoms with E-state index in [0.717, 1.165) is 0 Å². The average Bonchev–Trinajstić information content (AvgIpc) is 2.56. The zero-order valence-corrected chi connectivity index (χ0v) is 7.95. The molecule has 14 heavy (non-hydrogen) atoms. The van der Waals surface area contributed by atoms with Gasteiger partial charge in [0.2, 0.25) is 5.11 Å². The summed E-state index contributed by atoms with van der Waals surface area (Å²) in [6, 6.07) is 6.97. The van der Waals surface area contributed by atoms with Crippen LogP contribution in [0.4, 0.5) is 0 Å². The van der Waals surface area contributed by atoms with Gasteiger partial charge in [-0.1, -0.05) is 18.2 Å². The van der Waals surface area contributed by atoms with Crippen LogP contribution in [0.5, 0.6) is 5.75 Å². The first-order chi connectivity index (χ1) is 6.75. The molecular weight excluding hydrogens is 198 g/mol. The fourth-order valence-corrected chi connectivity index (χ4v) is 1.23. The number of benzene rings is 1. The highest BCUT2D eigenvalue weighted by molar-refractivity contribution is 7.80. The van der Waals surface area contributed by atoms with Crippen LogP contribution in [-0.4, -0.2) is 10.2 Å². The quantitative estimate of drug-likeness (QED) is 0.690. The molecule has 0 amide bonds. The summed E-state index contributed by atoms with van der Waals surface area (Å²) in [7, 11) is 0. The van der Waals surface area contributed by atoms with Gasteiger partial charge in [0.1, 0.15) is 5.75 Å². The molecule has 0 fully saturated rings. The maximum atomic E-state index is 9.46. The smallest absolute Gasteiger partial charge is 0.219 e. The van der Waals surface area contributed by atoms with E-state index in [1.165, 1.54) is 0 Å². The lowest BCUT2D eigenvalue weighted by atomic mass is 10.2. The summed E-state index contributed by atoms with van der Waals surface area (Å²) in [5.74, 6) is 0.742. The maximum Gasteiger partial charge on any atom is 0.219 e. The molecule has 5 heteroatoms. The Balaban J connectivity index is 2.31. The summed E-state index contributed by atoms with van der Waals surface area (Å²) in [5.41, 5.74) is 0.679. The van der Waals surface area contributed by atoms with Crippen LogP contribution < -0.4 is 5.32 Å². The predicted molar refractivity (Wildman–Crippen MR) is 56.7 cm³/mol. The molecule has 2 rings (SSSR count). The predicted octanol–water partition coefficient (Wildman–Crippen LogP) is 2.03. The number of hydrogen-bond donors (Lipinski definition) is 2. The Labute approximate surface area is 86.0 Å². The van der Waals surface area contributed by atoms with Gasteiger partial charge in [0.05, 0.1) is 0 Å². The number of thiocarbonyl (C=S) groups is 1. The van der Waals surface area contributed by atoms with Crippen molar-refractivity contribution in [3.05, 3.63) is 35.6 Å². The highest BCUT2D eigenvalue weighted by Gasteiger charge is 2.07. The maximum absolute atomic E-state index is 9.46. The van der Waals surface area contributed by atoms with Gasteiger partial charge in [0.15, 0.2) is 5.82 Å². The monoisotopic (exact) mass is 205 g/mol. The van der Waals surface area contributed by atoms with E-state index in [1.54, 1.807) is 24.3 Å². The van der Waals surface area contributed by atoms with Crippen LogP contribution >= 0.6 is 12.2 Å². The number of rotatable bonds is 1. The van der Waals surface area contributed by atoms with Crippen molar-refractivity contribution < 1.29 is 5.11 Å². The molecule has 0 saturated carbocycles. The third kappa shape index (κ3) is 1.77. The van der Waals surface area contributed by atoms with Crippen LogP contribution in [0.15, 0.2) is 40.3 Å². The summed E-state index contributed by atoms with van der Waals surface area (Å²) >= 11 is 4.77. The van der Waals surface area contributed by atoms with Crippen molar-refractivity contribution in [2.45, 2.75) is 0 Å². The van der Waals surface area contributed by atoms with Gasteiger partial charge in [-0.3, -0.25) is 0 Å². The molecule has 0 atom stereocenters. The second-order valence-corrected chi connectivity index (χ2v) is 3.11. The minimum Gasteiger partial charge on any atom is -0.507 e. The van der Waals surface area contributed by atoms with Crippen molar-refractivity contribution in [1.29, 1.82) is 0 Å². The average molecular weight is 205 g/mol. The third-order valence-corrected chi connectivity index (χ3v) is 1.90. The zero-order chi connectivity index (χ0) is 9.97. The molecule has 0 spiro atoms. The number of azo groups is 1. The molecular formula is C9H7N3OS. The lowest BCUT2D eigenvalue weighted by Crippen LogP contribution is -2.10.